The minimum Gasteiger partial charge on any atom is -0.410 e. The van der Waals surface area contributed by atoms with Gasteiger partial charge < -0.3 is 10.3 Å². The SMILES string of the molecule is [NH3+]C=COP=O. The van der Waals surface area contributed by atoms with Gasteiger partial charge in [0.25, 0.3) is 0 Å². The Morgan fingerprint density at radius 1 is 1.83 bits per heavy atom. The summed E-state index contributed by atoms with van der Waals surface area (Å²) >= 11 is 0. The van der Waals surface area contributed by atoms with E-state index in [1.54, 1.807) is 0 Å². The van der Waals surface area contributed by atoms with E-state index in [2.05, 4.69) is 10.3 Å². The van der Waals surface area contributed by atoms with Crippen LogP contribution in [0.25, 0.3) is 0 Å². The molecule has 0 heterocycles. The van der Waals surface area contributed by atoms with Crippen LogP contribution in [-0.2, 0) is 9.09 Å². The molecule has 3 N–H and O–H groups in total. The van der Waals surface area contributed by atoms with Gasteiger partial charge in [0.15, 0.2) is 6.26 Å². The Morgan fingerprint density at radius 3 is 2.67 bits per heavy atom. The summed E-state index contributed by atoms with van der Waals surface area (Å²) in [5.41, 5.74) is 3.27. The minimum atomic E-state index is -0.331. The first-order valence-electron chi connectivity index (χ1n) is 1.34. The highest BCUT2D eigenvalue weighted by molar-refractivity contribution is 7.17. The third-order valence-corrected chi connectivity index (χ3v) is 0.408. The second-order valence-corrected chi connectivity index (χ2v) is 0.912. The van der Waals surface area contributed by atoms with E-state index in [9.17, 15) is 4.57 Å². The molecule has 0 saturated heterocycles. The Morgan fingerprint density at radius 2 is 2.50 bits per heavy atom. The lowest BCUT2D eigenvalue weighted by Gasteiger charge is -1.70. The second kappa shape index (κ2) is 4.60. The molecule has 0 amide bonds. The summed E-state index contributed by atoms with van der Waals surface area (Å²) in [4.78, 5) is 0. The van der Waals surface area contributed by atoms with Crippen LogP contribution in [0.3, 0.4) is 0 Å². The van der Waals surface area contributed by atoms with E-state index in [1.807, 2.05) is 0 Å². The van der Waals surface area contributed by atoms with Crippen molar-refractivity contribution in [1.82, 2.24) is 0 Å². The molecule has 0 aromatic rings. The van der Waals surface area contributed by atoms with Gasteiger partial charge >= 0.3 is 8.69 Å². The number of quaternary nitrogens is 1. The number of hydrogen-bond donors (Lipinski definition) is 1. The maximum absolute atomic E-state index is 9.36. The van der Waals surface area contributed by atoms with Crippen molar-refractivity contribution in [3.05, 3.63) is 12.5 Å². The fraction of sp³-hybridized carbons (Fsp3) is 0. The van der Waals surface area contributed by atoms with Crippen LogP contribution in [0.4, 0.5) is 0 Å². The Kier molecular flexibility index (Phi) is 4.29. The van der Waals surface area contributed by atoms with Gasteiger partial charge in [-0.3, -0.25) is 0 Å². The predicted octanol–water partition coefficient (Wildman–Crippen LogP) is -0.0772. The lowest BCUT2D eigenvalue weighted by molar-refractivity contribution is -0.276. The molecule has 0 bridgehead atoms. The molecule has 4 heteroatoms. The maximum atomic E-state index is 9.36. The molecule has 0 radical (unpaired) electrons. The van der Waals surface area contributed by atoms with Crippen molar-refractivity contribution in [3.8, 4) is 0 Å². The van der Waals surface area contributed by atoms with Gasteiger partial charge in [0.1, 0.15) is 6.20 Å². The van der Waals surface area contributed by atoms with Gasteiger partial charge in [0.2, 0.25) is 0 Å². The van der Waals surface area contributed by atoms with E-state index in [-0.39, 0.29) is 8.69 Å². The normalized spacial score (nSPS) is 10.2. The van der Waals surface area contributed by atoms with Crippen molar-refractivity contribution in [2.24, 2.45) is 0 Å². The summed E-state index contributed by atoms with van der Waals surface area (Å²) < 4.78 is 13.5. The van der Waals surface area contributed by atoms with Crippen molar-refractivity contribution in [2.45, 2.75) is 0 Å². The van der Waals surface area contributed by atoms with Crippen LogP contribution in [-0.4, -0.2) is 0 Å². The van der Waals surface area contributed by atoms with E-state index < -0.39 is 0 Å². The molecule has 3 nitrogen and oxygen atoms in total. The zero-order valence-electron chi connectivity index (χ0n) is 3.13. The average Bonchev–Trinajstić information content (AvgIpc) is 1.61. The quantitative estimate of drug-likeness (QED) is 0.395. The summed E-state index contributed by atoms with van der Waals surface area (Å²) in [5, 5.41) is 0. The Bertz CT molecular complexity index is 62.6. The largest absolute Gasteiger partial charge is 0.410 e. The van der Waals surface area contributed by atoms with Crippen molar-refractivity contribution in [3.63, 3.8) is 0 Å². The monoisotopic (exact) mass is 106 g/mol. The molecule has 0 aliphatic carbocycles. The molecule has 0 aliphatic rings. The molecule has 34 valence electrons. The molecule has 0 atom stereocenters. The Balaban J connectivity index is 2.85. The standard InChI is InChI=1S/C2H4NO2P/c3-1-2-5-6-4/h1-2H,3H2/p+1. The topological polar surface area (TPSA) is 53.9 Å². The smallest absolute Gasteiger partial charge is 0.395 e. The highest BCUT2D eigenvalue weighted by Gasteiger charge is 1.64. The Hall–Kier alpha value is -0.400. The van der Waals surface area contributed by atoms with E-state index in [1.165, 1.54) is 12.5 Å². The third kappa shape index (κ3) is 3.60. The summed E-state index contributed by atoms with van der Waals surface area (Å²) in [6.07, 6.45) is 2.65. The lowest BCUT2D eigenvalue weighted by Crippen LogP contribution is -2.39. The van der Waals surface area contributed by atoms with Crippen molar-refractivity contribution in [1.29, 1.82) is 0 Å². The van der Waals surface area contributed by atoms with Gasteiger partial charge in [-0.15, -0.1) is 0 Å². The Labute approximate surface area is 37.1 Å². The molecule has 0 rings (SSSR count). The molecule has 0 fully saturated rings. The van der Waals surface area contributed by atoms with Crippen LogP contribution in [0, 0.1) is 0 Å². The minimum absolute atomic E-state index is 0.331. The summed E-state index contributed by atoms with van der Waals surface area (Å²) in [6.45, 7) is 0. The van der Waals surface area contributed by atoms with Crippen LogP contribution >= 0.6 is 8.69 Å². The van der Waals surface area contributed by atoms with Crippen molar-refractivity contribution >= 4 is 8.69 Å². The number of hydrogen-bond acceptors (Lipinski definition) is 2. The van der Waals surface area contributed by atoms with E-state index in [0.717, 1.165) is 0 Å². The predicted molar refractivity (Wildman–Crippen MR) is 20.7 cm³/mol. The molecule has 0 spiro atoms. The zero-order chi connectivity index (χ0) is 4.83. The highest BCUT2D eigenvalue weighted by Crippen LogP contribution is 1.90. The van der Waals surface area contributed by atoms with Crippen LogP contribution in [0.15, 0.2) is 12.5 Å². The van der Waals surface area contributed by atoms with Crippen LogP contribution in [0.5, 0.6) is 0 Å². The summed E-state index contributed by atoms with van der Waals surface area (Å²) in [5.74, 6) is 0. The molecule has 0 saturated carbocycles. The molecule has 0 aromatic carbocycles. The van der Waals surface area contributed by atoms with Gasteiger partial charge in [-0.1, -0.05) is 0 Å². The van der Waals surface area contributed by atoms with Crippen LogP contribution in [0.1, 0.15) is 0 Å². The summed E-state index contributed by atoms with van der Waals surface area (Å²) in [6, 6.07) is 0. The first-order valence-corrected chi connectivity index (χ1v) is 2.07. The fourth-order valence-corrected chi connectivity index (χ4v) is 0.204. The van der Waals surface area contributed by atoms with Gasteiger partial charge in [0.05, 0.1) is 0 Å². The summed E-state index contributed by atoms with van der Waals surface area (Å²) in [7, 11) is -0.331. The third-order valence-electron chi connectivity index (χ3n) is 0.200. The second-order valence-electron chi connectivity index (χ2n) is 0.552. The maximum Gasteiger partial charge on any atom is 0.395 e. The molecule has 6 heavy (non-hydrogen) atoms. The number of rotatable bonds is 2. The molecule has 0 aliphatic heterocycles. The zero-order valence-corrected chi connectivity index (χ0v) is 4.02. The van der Waals surface area contributed by atoms with E-state index in [0.29, 0.717) is 0 Å². The molecule has 0 unspecified atom stereocenters. The first-order chi connectivity index (χ1) is 2.91. The highest BCUT2D eigenvalue weighted by atomic mass is 31.1. The molecular formula is C2H5NO2P+. The van der Waals surface area contributed by atoms with Crippen LogP contribution in [0.2, 0.25) is 0 Å². The lowest BCUT2D eigenvalue weighted by atomic mass is 11.0. The average molecular weight is 106 g/mol. The molecular weight excluding hydrogens is 101 g/mol. The van der Waals surface area contributed by atoms with Crippen molar-refractivity contribution < 1.29 is 14.8 Å². The fourth-order valence-electron chi connectivity index (χ4n) is 0.0679. The first kappa shape index (κ1) is 5.60. The van der Waals surface area contributed by atoms with Gasteiger partial charge in [-0.25, -0.2) is 4.57 Å². The van der Waals surface area contributed by atoms with E-state index in [4.69, 9.17) is 0 Å². The van der Waals surface area contributed by atoms with E-state index >= 15 is 0 Å². The van der Waals surface area contributed by atoms with Crippen molar-refractivity contribution in [2.75, 3.05) is 0 Å². The van der Waals surface area contributed by atoms with Gasteiger partial charge in [0, 0.05) is 0 Å². The van der Waals surface area contributed by atoms with Crippen LogP contribution < -0.4 is 5.73 Å². The van der Waals surface area contributed by atoms with Gasteiger partial charge in [-0.2, -0.15) is 0 Å². The van der Waals surface area contributed by atoms with Gasteiger partial charge in [-0.05, 0) is 0 Å². The molecule has 0 aromatic heterocycles.